The van der Waals surface area contributed by atoms with E-state index in [1.54, 1.807) is 13.4 Å². The number of halogens is 3. The van der Waals surface area contributed by atoms with Crippen LogP contribution in [-0.2, 0) is 17.5 Å². The maximum atomic E-state index is 12.9. The second kappa shape index (κ2) is 8.74. The minimum absolute atomic E-state index is 0.107. The lowest BCUT2D eigenvalue weighted by Gasteiger charge is -2.08. The molecule has 150 valence electrons. The van der Waals surface area contributed by atoms with Crippen molar-refractivity contribution in [2.45, 2.75) is 36.5 Å². The van der Waals surface area contributed by atoms with Crippen LogP contribution in [0.1, 0.15) is 30.0 Å². The smallest absolute Gasteiger partial charge is 0.385 e. The van der Waals surface area contributed by atoms with Crippen molar-refractivity contribution in [2.75, 3.05) is 13.7 Å². The SMILES string of the molecule is COCCCn1cnnc1SC(C)c1nc(-c2cccc(C(F)(F)F)c2)no1. The molecule has 1 aromatic carbocycles. The molecule has 0 bridgehead atoms. The Hall–Kier alpha value is -2.40. The molecule has 11 heteroatoms. The van der Waals surface area contributed by atoms with Gasteiger partial charge in [-0.3, -0.25) is 0 Å². The Kier molecular flexibility index (Phi) is 6.35. The van der Waals surface area contributed by atoms with Gasteiger partial charge in [-0.05, 0) is 25.5 Å². The number of nitrogens with zero attached hydrogens (tertiary/aromatic N) is 5. The second-order valence-electron chi connectivity index (χ2n) is 5.95. The van der Waals surface area contributed by atoms with Gasteiger partial charge in [0.1, 0.15) is 6.33 Å². The van der Waals surface area contributed by atoms with Gasteiger partial charge in [0.2, 0.25) is 11.7 Å². The zero-order chi connectivity index (χ0) is 20.1. The van der Waals surface area contributed by atoms with Crippen LogP contribution in [0, 0.1) is 0 Å². The first-order chi connectivity index (χ1) is 13.4. The van der Waals surface area contributed by atoms with E-state index in [9.17, 15) is 13.2 Å². The maximum absolute atomic E-state index is 12.9. The first kappa shape index (κ1) is 20.3. The molecule has 0 N–H and O–H groups in total. The van der Waals surface area contributed by atoms with E-state index in [4.69, 9.17) is 9.26 Å². The van der Waals surface area contributed by atoms with Gasteiger partial charge in [-0.2, -0.15) is 18.2 Å². The summed E-state index contributed by atoms with van der Waals surface area (Å²) in [5.41, 5.74) is -0.521. The van der Waals surface area contributed by atoms with E-state index < -0.39 is 11.7 Å². The summed E-state index contributed by atoms with van der Waals surface area (Å²) in [5.74, 6) is 0.402. The Morgan fingerprint density at radius 3 is 2.89 bits per heavy atom. The van der Waals surface area contributed by atoms with Crippen molar-refractivity contribution in [1.29, 1.82) is 0 Å². The number of ether oxygens (including phenoxy) is 1. The average molecular weight is 413 g/mol. The highest BCUT2D eigenvalue weighted by molar-refractivity contribution is 7.99. The molecular weight excluding hydrogens is 395 g/mol. The quantitative estimate of drug-likeness (QED) is 0.404. The van der Waals surface area contributed by atoms with E-state index in [0.717, 1.165) is 18.6 Å². The van der Waals surface area contributed by atoms with Crippen LogP contribution >= 0.6 is 11.8 Å². The molecule has 0 aliphatic rings. The van der Waals surface area contributed by atoms with Gasteiger partial charge in [0, 0.05) is 25.8 Å². The Morgan fingerprint density at radius 2 is 2.14 bits per heavy atom. The Bertz CT molecular complexity index is 912. The summed E-state index contributed by atoms with van der Waals surface area (Å²) in [7, 11) is 1.64. The number of benzene rings is 1. The predicted octanol–water partition coefficient (Wildman–Crippen LogP) is 4.24. The average Bonchev–Trinajstić information content (AvgIpc) is 3.31. The monoisotopic (exact) mass is 413 g/mol. The molecule has 0 saturated heterocycles. The summed E-state index contributed by atoms with van der Waals surface area (Å²) in [6.07, 6.45) is -1.98. The maximum Gasteiger partial charge on any atom is 0.416 e. The number of rotatable bonds is 8. The van der Waals surface area contributed by atoms with Gasteiger partial charge in [0.05, 0.1) is 10.8 Å². The molecule has 28 heavy (non-hydrogen) atoms. The van der Waals surface area contributed by atoms with Crippen LogP contribution in [0.15, 0.2) is 40.3 Å². The molecule has 0 fully saturated rings. The highest BCUT2D eigenvalue weighted by Gasteiger charge is 2.31. The first-order valence-electron chi connectivity index (χ1n) is 8.43. The standard InChI is InChI=1S/C17H18F3N5O2S/c1-11(28-16-23-21-10-25(16)7-4-8-26-2)15-22-14(24-27-15)12-5-3-6-13(9-12)17(18,19)20/h3,5-6,9-11H,4,7-8H2,1-2H3. The number of hydrogen-bond acceptors (Lipinski definition) is 7. The third-order valence-electron chi connectivity index (χ3n) is 3.85. The molecule has 7 nitrogen and oxygen atoms in total. The number of aryl methyl sites for hydroxylation is 1. The molecule has 0 amide bonds. The number of alkyl halides is 3. The summed E-state index contributed by atoms with van der Waals surface area (Å²) in [6.45, 7) is 3.18. The summed E-state index contributed by atoms with van der Waals surface area (Å²) in [4.78, 5) is 4.25. The van der Waals surface area contributed by atoms with Crippen molar-refractivity contribution >= 4 is 11.8 Å². The molecule has 3 rings (SSSR count). The van der Waals surface area contributed by atoms with Crippen molar-refractivity contribution in [3.05, 3.63) is 42.0 Å². The number of methoxy groups -OCH3 is 1. The van der Waals surface area contributed by atoms with Crippen molar-refractivity contribution in [3.8, 4) is 11.4 Å². The second-order valence-corrected chi connectivity index (χ2v) is 7.26. The van der Waals surface area contributed by atoms with Crippen LogP contribution in [0.5, 0.6) is 0 Å². The van der Waals surface area contributed by atoms with Crippen LogP contribution < -0.4 is 0 Å². The minimum Gasteiger partial charge on any atom is -0.385 e. The topological polar surface area (TPSA) is 78.9 Å². The molecule has 0 aliphatic carbocycles. The van der Waals surface area contributed by atoms with E-state index in [1.807, 2.05) is 11.5 Å². The summed E-state index contributed by atoms with van der Waals surface area (Å²) in [6, 6.07) is 4.82. The molecule has 0 saturated carbocycles. The van der Waals surface area contributed by atoms with Crippen molar-refractivity contribution in [1.82, 2.24) is 24.9 Å². The lowest BCUT2D eigenvalue weighted by atomic mass is 10.1. The third-order valence-corrected chi connectivity index (χ3v) is 4.93. The van der Waals surface area contributed by atoms with Gasteiger partial charge in [-0.25, -0.2) is 0 Å². The van der Waals surface area contributed by atoms with E-state index in [0.29, 0.717) is 24.2 Å². The number of thioether (sulfide) groups is 1. The zero-order valence-electron chi connectivity index (χ0n) is 15.2. The van der Waals surface area contributed by atoms with E-state index in [2.05, 4.69) is 20.3 Å². The van der Waals surface area contributed by atoms with Crippen molar-refractivity contribution in [3.63, 3.8) is 0 Å². The molecule has 2 aromatic heterocycles. The van der Waals surface area contributed by atoms with Gasteiger partial charge in [-0.15, -0.1) is 10.2 Å². The summed E-state index contributed by atoms with van der Waals surface area (Å²) < 4.78 is 50.8. The number of hydrogen-bond donors (Lipinski definition) is 0. The van der Waals surface area contributed by atoms with Gasteiger partial charge < -0.3 is 13.8 Å². The molecule has 2 heterocycles. The molecule has 1 unspecified atom stereocenters. The third kappa shape index (κ3) is 4.90. The fraction of sp³-hybridized carbons (Fsp3) is 0.412. The van der Waals surface area contributed by atoms with Crippen LogP contribution in [-0.4, -0.2) is 38.6 Å². The minimum atomic E-state index is -4.43. The van der Waals surface area contributed by atoms with Crippen molar-refractivity contribution in [2.24, 2.45) is 0 Å². The molecule has 0 spiro atoms. The van der Waals surface area contributed by atoms with Crippen LogP contribution in [0.4, 0.5) is 13.2 Å². The van der Waals surface area contributed by atoms with Gasteiger partial charge in [0.15, 0.2) is 5.16 Å². The highest BCUT2D eigenvalue weighted by Crippen LogP contribution is 2.35. The molecule has 1 atom stereocenters. The lowest BCUT2D eigenvalue weighted by Crippen LogP contribution is -2.04. The lowest BCUT2D eigenvalue weighted by molar-refractivity contribution is -0.137. The fourth-order valence-electron chi connectivity index (χ4n) is 2.43. The van der Waals surface area contributed by atoms with Crippen LogP contribution in [0.3, 0.4) is 0 Å². The summed E-state index contributed by atoms with van der Waals surface area (Å²) >= 11 is 1.38. The Balaban J connectivity index is 1.72. The molecule has 3 aromatic rings. The molecular formula is C17H18F3N5O2S. The van der Waals surface area contributed by atoms with Crippen molar-refractivity contribution < 1.29 is 22.4 Å². The number of aromatic nitrogens is 5. The Morgan fingerprint density at radius 1 is 1.32 bits per heavy atom. The van der Waals surface area contributed by atoms with E-state index >= 15 is 0 Å². The summed E-state index contributed by atoms with van der Waals surface area (Å²) in [5, 5.41) is 12.2. The van der Waals surface area contributed by atoms with Gasteiger partial charge >= 0.3 is 6.18 Å². The van der Waals surface area contributed by atoms with Gasteiger partial charge in [-0.1, -0.05) is 29.1 Å². The van der Waals surface area contributed by atoms with E-state index in [1.165, 1.54) is 23.9 Å². The van der Waals surface area contributed by atoms with Gasteiger partial charge in [0.25, 0.3) is 0 Å². The van der Waals surface area contributed by atoms with Crippen LogP contribution in [0.25, 0.3) is 11.4 Å². The highest BCUT2D eigenvalue weighted by atomic mass is 32.2. The molecule has 0 radical (unpaired) electrons. The Labute approximate surface area is 163 Å². The first-order valence-corrected chi connectivity index (χ1v) is 9.31. The fourth-order valence-corrected chi connectivity index (χ4v) is 3.31. The van der Waals surface area contributed by atoms with Crippen LogP contribution in [0.2, 0.25) is 0 Å². The predicted molar refractivity (Wildman–Crippen MR) is 95.5 cm³/mol. The largest absolute Gasteiger partial charge is 0.416 e. The molecule has 0 aliphatic heterocycles. The van der Waals surface area contributed by atoms with E-state index in [-0.39, 0.29) is 16.6 Å². The zero-order valence-corrected chi connectivity index (χ0v) is 16.0. The normalized spacial score (nSPS) is 13.0.